The second-order valence-electron chi connectivity index (χ2n) is 8.91. The third-order valence-electron chi connectivity index (χ3n) is 6.85. The van der Waals surface area contributed by atoms with E-state index in [1.54, 1.807) is 7.11 Å². The second-order valence-corrected chi connectivity index (χ2v) is 8.91. The van der Waals surface area contributed by atoms with Crippen LogP contribution in [0.15, 0.2) is 24.3 Å². The summed E-state index contributed by atoms with van der Waals surface area (Å²) in [6, 6.07) is 9.18. The normalized spacial score (nSPS) is 27.5. The van der Waals surface area contributed by atoms with Gasteiger partial charge in [0.05, 0.1) is 18.4 Å². The molecule has 0 unspecified atom stereocenters. The van der Waals surface area contributed by atoms with Gasteiger partial charge in [-0.3, -0.25) is 9.58 Å². The van der Waals surface area contributed by atoms with E-state index in [4.69, 9.17) is 9.84 Å². The Bertz CT molecular complexity index is 826. The molecule has 1 aromatic heterocycles. The van der Waals surface area contributed by atoms with E-state index in [0.717, 1.165) is 36.4 Å². The number of aromatic nitrogens is 2. The topological polar surface area (TPSA) is 50.5 Å². The van der Waals surface area contributed by atoms with Crippen LogP contribution in [0.4, 0.5) is 0 Å². The Morgan fingerprint density at radius 1 is 1.14 bits per heavy atom. The van der Waals surface area contributed by atoms with Crippen LogP contribution in [0.5, 0.6) is 5.75 Å². The van der Waals surface area contributed by atoms with Gasteiger partial charge in [-0.2, -0.15) is 5.10 Å². The Labute approximate surface area is 168 Å². The molecule has 2 aromatic rings. The summed E-state index contributed by atoms with van der Waals surface area (Å²) in [5.74, 6) is 0.834. The summed E-state index contributed by atoms with van der Waals surface area (Å²) in [6.45, 7) is 9.62. The van der Waals surface area contributed by atoms with Crippen LogP contribution in [0.3, 0.4) is 0 Å². The first-order valence-corrected chi connectivity index (χ1v) is 10.5. The van der Waals surface area contributed by atoms with Crippen molar-refractivity contribution in [2.45, 2.75) is 83.6 Å². The number of fused-ring (bicyclic) bond motifs is 2. The molecule has 0 amide bonds. The standard InChI is InChI=1S/C23H33N3O2/c1-15(2)26-17(4)22(16(3)24-26)14-25-19-8-9-20(25)13-23(27,12-19)18-6-10-21(28-5)11-7-18/h6-7,10-11,15,19-20,27H,8-9,12-14H2,1-5H3/t19-,20-/m0/s1. The van der Waals surface area contributed by atoms with Crippen molar-refractivity contribution in [2.24, 2.45) is 0 Å². The van der Waals surface area contributed by atoms with Crippen LogP contribution in [-0.2, 0) is 12.1 Å². The van der Waals surface area contributed by atoms with Crippen molar-refractivity contribution in [3.05, 3.63) is 46.8 Å². The summed E-state index contributed by atoms with van der Waals surface area (Å²) in [4.78, 5) is 2.62. The van der Waals surface area contributed by atoms with Gasteiger partial charge in [0, 0.05) is 35.9 Å². The highest BCUT2D eigenvalue weighted by Gasteiger charge is 2.48. The number of ether oxygens (including phenoxy) is 1. The summed E-state index contributed by atoms with van der Waals surface area (Å²) in [7, 11) is 1.67. The summed E-state index contributed by atoms with van der Waals surface area (Å²) in [5, 5.41) is 16.2. The molecule has 1 N–H and O–H groups in total. The molecule has 2 bridgehead atoms. The third kappa shape index (κ3) is 3.25. The van der Waals surface area contributed by atoms with Gasteiger partial charge in [-0.05, 0) is 71.1 Å². The molecule has 28 heavy (non-hydrogen) atoms. The fraction of sp³-hybridized carbons (Fsp3) is 0.609. The van der Waals surface area contributed by atoms with E-state index < -0.39 is 5.60 Å². The number of aliphatic hydroxyl groups is 1. The molecule has 1 aromatic carbocycles. The number of rotatable bonds is 5. The van der Waals surface area contributed by atoms with Gasteiger partial charge in [0.25, 0.3) is 0 Å². The molecule has 5 nitrogen and oxygen atoms in total. The highest BCUT2D eigenvalue weighted by molar-refractivity contribution is 5.32. The third-order valence-corrected chi connectivity index (χ3v) is 6.85. The average molecular weight is 384 g/mol. The lowest BCUT2D eigenvalue weighted by atomic mass is 9.80. The molecule has 0 saturated carbocycles. The van der Waals surface area contributed by atoms with Crippen molar-refractivity contribution in [3.8, 4) is 5.75 Å². The predicted molar refractivity (Wildman–Crippen MR) is 111 cm³/mol. The molecule has 0 spiro atoms. The minimum Gasteiger partial charge on any atom is -0.497 e. The van der Waals surface area contributed by atoms with Gasteiger partial charge in [-0.1, -0.05) is 12.1 Å². The van der Waals surface area contributed by atoms with Crippen molar-refractivity contribution in [1.29, 1.82) is 0 Å². The zero-order chi connectivity index (χ0) is 20.1. The second kappa shape index (κ2) is 7.20. The first kappa shape index (κ1) is 19.5. The Kier molecular flexibility index (Phi) is 5.00. The van der Waals surface area contributed by atoms with Gasteiger partial charge in [0.15, 0.2) is 0 Å². The molecule has 5 heteroatoms. The predicted octanol–water partition coefficient (Wildman–Crippen LogP) is 4.10. The quantitative estimate of drug-likeness (QED) is 0.844. The maximum Gasteiger partial charge on any atom is 0.118 e. The van der Waals surface area contributed by atoms with Crippen LogP contribution in [0.1, 0.15) is 68.1 Å². The van der Waals surface area contributed by atoms with E-state index >= 15 is 0 Å². The number of aryl methyl sites for hydroxylation is 1. The number of benzene rings is 1. The van der Waals surface area contributed by atoms with Crippen LogP contribution in [-0.4, -0.2) is 39.0 Å². The highest BCUT2D eigenvalue weighted by Crippen LogP contribution is 2.46. The van der Waals surface area contributed by atoms with E-state index in [1.165, 1.54) is 24.1 Å². The first-order valence-electron chi connectivity index (χ1n) is 10.5. The fourth-order valence-electron chi connectivity index (χ4n) is 5.32. The van der Waals surface area contributed by atoms with Crippen LogP contribution >= 0.6 is 0 Å². The summed E-state index contributed by atoms with van der Waals surface area (Å²) >= 11 is 0. The SMILES string of the molecule is COc1ccc(C2(O)C[C@@H]3CC[C@@H](C2)N3Cc2c(C)nn(C(C)C)c2C)cc1. The fourth-order valence-corrected chi connectivity index (χ4v) is 5.32. The van der Waals surface area contributed by atoms with Gasteiger partial charge in [0.1, 0.15) is 5.75 Å². The first-order chi connectivity index (χ1) is 13.3. The van der Waals surface area contributed by atoms with Crippen molar-refractivity contribution in [2.75, 3.05) is 7.11 Å². The van der Waals surface area contributed by atoms with Crippen molar-refractivity contribution >= 4 is 0 Å². The zero-order valence-corrected chi connectivity index (χ0v) is 17.8. The average Bonchev–Trinajstić information content (AvgIpc) is 3.09. The lowest BCUT2D eigenvalue weighted by Crippen LogP contribution is -2.49. The van der Waals surface area contributed by atoms with Gasteiger partial charge in [0.2, 0.25) is 0 Å². The molecule has 2 saturated heterocycles. The van der Waals surface area contributed by atoms with Crippen molar-refractivity contribution in [1.82, 2.24) is 14.7 Å². The summed E-state index contributed by atoms with van der Waals surface area (Å²) in [5.41, 5.74) is 4.07. The minimum absolute atomic E-state index is 0.380. The number of piperidine rings is 1. The van der Waals surface area contributed by atoms with Crippen molar-refractivity contribution in [3.63, 3.8) is 0 Å². The number of hydrogen-bond donors (Lipinski definition) is 1. The van der Waals surface area contributed by atoms with Crippen LogP contribution in [0, 0.1) is 13.8 Å². The number of nitrogens with zero attached hydrogens (tertiary/aromatic N) is 3. The summed E-state index contributed by atoms with van der Waals surface area (Å²) < 4.78 is 7.41. The molecule has 2 aliphatic rings. The van der Waals surface area contributed by atoms with Gasteiger partial charge < -0.3 is 9.84 Å². The van der Waals surface area contributed by atoms with E-state index in [9.17, 15) is 5.11 Å². The molecule has 0 radical (unpaired) electrons. The number of hydrogen-bond acceptors (Lipinski definition) is 4. The van der Waals surface area contributed by atoms with Gasteiger partial charge in [-0.15, -0.1) is 0 Å². The van der Waals surface area contributed by atoms with E-state index in [-0.39, 0.29) is 0 Å². The Morgan fingerprint density at radius 3 is 2.25 bits per heavy atom. The van der Waals surface area contributed by atoms with Crippen LogP contribution in [0.25, 0.3) is 0 Å². The smallest absolute Gasteiger partial charge is 0.118 e. The molecule has 2 atom stereocenters. The van der Waals surface area contributed by atoms with Gasteiger partial charge in [-0.25, -0.2) is 0 Å². The van der Waals surface area contributed by atoms with Crippen LogP contribution < -0.4 is 4.74 Å². The molecule has 3 heterocycles. The van der Waals surface area contributed by atoms with Gasteiger partial charge >= 0.3 is 0 Å². The Morgan fingerprint density at radius 2 is 1.75 bits per heavy atom. The lowest BCUT2D eigenvalue weighted by Gasteiger charge is -2.44. The largest absolute Gasteiger partial charge is 0.497 e. The molecule has 2 aliphatic heterocycles. The molecular formula is C23H33N3O2. The zero-order valence-electron chi connectivity index (χ0n) is 17.8. The Balaban J connectivity index is 1.54. The molecular weight excluding hydrogens is 350 g/mol. The van der Waals surface area contributed by atoms with E-state index in [2.05, 4.69) is 37.3 Å². The molecule has 152 valence electrons. The van der Waals surface area contributed by atoms with E-state index in [1.807, 2.05) is 24.3 Å². The lowest BCUT2D eigenvalue weighted by molar-refractivity contribution is -0.0596. The Hall–Kier alpha value is -1.85. The maximum atomic E-state index is 11.5. The monoisotopic (exact) mass is 383 g/mol. The number of methoxy groups -OCH3 is 1. The van der Waals surface area contributed by atoms with Crippen molar-refractivity contribution < 1.29 is 9.84 Å². The highest BCUT2D eigenvalue weighted by atomic mass is 16.5. The van der Waals surface area contributed by atoms with E-state index in [0.29, 0.717) is 18.1 Å². The molecule has 2 fully saturated rings. The maximum absolute atomic E-state index is 11.5. The molecule has 4 rings (SSSR count). The summed E-state index contributed by atoms with van der Waals surface area (Å²) in [6.07, 6.45) is 3.93. The van der Waals surface area contributed by atoms with Crippen LogP contribution in [0.2, 0.25) is 0 Å². The molecule has 0 aliphatic carbocycles. The minimum atomic E-state index is -0.735.